The Hall–Kier alpha value is -1.82. The maximum absolute atomic E-state index is 13.2. The number of cyclic esters (lactones) is 1. The van der Waals surface area contributed by atoms with Crippen LogP contribution in [0, 0.1) is 5.82 Å². The van der Waals surface area contributed by atoms with E-state index in [0.29, 0.717) is 12.2 Å². The van der Waals surface area contributed by atoms with E-state index in [4.69, 9.17) is 16.2 Å². The summed E-state index contributed by atoms with van der Waals surface area (Å²) >= 11 is 0. The smallest absolute Gasteiger partial charge is 0.414 e. The highest BCUT2D eigenvalue weighted by Crippen LogP contribution is 2.24. The molecule has 1 amide bonds. The highest BCUT2D eigenvalue weighted by Gasteiger charge is 2.31. The number of nitrogens with two attached hydrogens (primary N) is 2. The van der Waals surface area contributed by atoms with Crippen LogP contribution in [0.2, 0.25) is 0 Å². The number of halogens is 1. The summed E-state index contributed by atoms with van der Waals surface area (Å²) < 4.78 is 18.2. The number of hydrogen-bond donors (Lipinski definition) is 2. The largest absolute Gasteiger partial charge is 0.443 e. The number of nitrogens with zero attached hydrogens (tertiary/aromatic N) is 1. The van der Waals surface area contributed by atoms with Crippen LogP contribution in [0.1, 0.15) is 0 Å². The fourth-order valence-corrected chi connectivity index (χ4v) is 1.54. The number of hydrogen-bond acceptors (Lipinski definition) is 4. The van der Waals surface area contributed by atoms with Crippen LogP contribution in [0.5, 0.6) is 0 Å². The van der Waals surface area contributed by atoms with Crippen molar-refractivity contribution in [2.24, 2.45) is 5.73 Å². The molecule has 1 aromatic carbocycles. The van der Waals surface area contributed by atoms with Gasteiger partial charge in [0.2, 0.25) is 0 Å². The van der Waals surface area contributed by atoms with Crippen molar-refractivity contribution in [3.63, 3.8) is 0 Å². The standard InChI is InChI=1S/C10H12FN3O2/c11-8-3-6(1-2-9(8)13)14-5-7(4-12)16-10(14)15/h1-3,7H,4-5,12-13H2/t7-/m0/s1. The van der Waals surface area contributed by atoms with Crippen LogP contribution in [-0.2, 0) is 4.74 Å². The van der Waals surface area contributed by atoms with Crippen molar-refractivity contribution in [1.29, 1.82) is 0 Å². The molecule has 5 nitrogen and oxygen atoms in total. The summed E-state index contributed by atoms with van der Waals surface area (Å²) in [7, 11) is 0. The van der Waals surface area contributed by atoms with Gasteiger partial charge in [0.1, 0.15) is 11.9 Å². The Bertz CT molecular complexity index is 425. The molecular weight excluding hydrogens is 213 g/mol. The lowest BCUT2D eigenvalue weighted by molar-refractivity contribution is 0.145. The van der Waals surface area contributed by atoms with Gasteiger partial charge < -0.3 is 16.2 Å². The molecule has 1 fully saturated rings. The fraction of sp³-hybridized carbons (Fsp3) is 0.300. The number of carbonyl (C=O) groups is 1. The van der Waals surface area contributed by atoms with Gasteiger partial charge in [-0.3, -0.25) is 4.90 Å². The van der Waals surface area contributed by atoms with Crippen LogP contribution < -0.4 is 16.4 Å². The number of benzene rings is 1. The zero-order chi connectivity index (χ0) is 11.7. The molecule has 0 aliphatic carbocycles. The monoisotopic (exact) mass is 225 g/mol. The van der Waals surface area contributed by atoms with E-state index >= 15 is 0 Å². The topological polar surface area (TPSA) is 81.6 Å². The number of nitrogen functional groups attached to an aromatic ring is 1. The summed E-state index contributed by atoms with van der Waals surface area (Å²) in [6.45, 7) is 0.582. The molecule has 1 atom stereocenters. The third-order valence-corrected chi connectivity index (χ3v) is 2.43. The summed E-state index contributed by atoms with van der Waals surface area (Å²) in [4.78, 5) is 12.8. The van der Waals surface area contributed by atoms with E-state index in [1.165, 1.54) is 17.0 Å². The summed E-state index contributed by atoms with van der Waals surface area (Å²) in [5.41, 5.74) is 11.2. The quantitative estimate of drug-likeness (QED) is 0.725. The van der Waals surface area contributed by atoms with E-state index in [0.717, 1.165) is 0 Å². The third-order valence-electron chi connectivity index (χ3n) is 2.43. The number of anilines is 2. The van der Waals surface area contributed by atoms with Crippen molar-refractivity contribution in [1.82, 2.24) is 0 Å². The molecule has 1 aliphatic heterocycles. The molecule has 1 aliphatic rings. The normalized spacial score (nSPS) is 20.0. The van der Waals surface area contributed by atoms with E-state index in [1.807, 2.05) is 0 Å². The molecule has 0 bridgehead atoms. The van der Waals surface area contributed by atoms with Gasteiger partial charge in [-0.1, -0.05) is 0 Å². The molecule has 2 rings (SSSR count). The van der Waals surface area contributed by atoms with Crippen molar-refractivity contribution in [2.45, 2.75) is 6.10 Å². The minimum atomic E-state index is -0.554. The first-order valence-corrected chi connectivity index (χ1v) is 4.85. The molecule has 1 aromatic rings. The van der Waals surface area contributed by atoms with Gasteiger partial charge in [0.25, 0.3) is 0 Å². The minimum Gasteiger partial charge on any atom is -0.443 e. The number of rotatable bonds is 2. The zero-order valence-corrected chi connectivity index (χ0v) is 8.52. The second kappa shape index (κ2) is 3.97. The molecule has 4 N–H and O–H groups in total. The summed E-state index contributed by atoms with van der Waals surface area (Å²) in [6.07, 6.45) is -0.854. The van der Waals surface area contributed by atoms with E-state index < -0.39 is 11.9 Å². The van der Waals surface area contributed by atoms with Gasteiger partial charge in [-0.25, -0.2) is 9.18 Å². The molecular formula is C10H12FN3O2. The summed E-state index contributed by atoms with van der Waals surface area (Å²) in [6, 6.07) is 4.18. The lowest BCUT2D eigenvalue weighted by Crippen LogP contribution is -2.27. The molecule has 0 unspecified atom stereocenters. The molecule has 1 heterocycles. The van der Waals surface area contributed by atoms with Gasteiger partial charge in [-0.05, 0) is 18.2 Å². The number of carbonyl (C=O) groups excluding carboxylic acids is 1. The van der Waals surface area contributed by atoms with Crippen LogP contribution >= 0.6 is 0 Å². The van der Waals surface area contributed by atoms with Gasteiger partial charge in [0.15, 0.2) is 0 Å². The van der Waals surface area contributed by atoms with E-state index in [2.05, 4.69) is 0 Å². The molecule has 86 valence electrons. The first kappa shape index (κ1) is 10.7. The zero-order valence-electron chi connectivity index (χ0n) is 8.52. The summed E-state index contributed by atoms with van der Waals surface area (Å²) in [5, 5.41) is 0. The van der Waals surface area contributed by atoms with E-state index in [9.17, 15) is 9.18 Å². The Morgan fingerprint density at radius 1 is 1.56 bits per heavy atom. The maximum Gasteiger partial charge on any atom is 0.414 e. The Morgan fingerprint density at radius 2 is 2.31 bits per heavy atom. The van der Waals surface area contributed by atoms with Crippen LogP contribution in [0.4, 0.5) is 20.6 Å². The van der Waals surface area contributed by atoms with Gasteiger partial charge in [-0.2, -0.15) is 0 Å². The Labute approximate surface area is 91.8 Å². The average Bonchev–Trinajstić information content (AvgIpc) is 2.64. The average molecular weight is 225 g/mol. The predicted molar refractivity (Wildman–Crippen MR) is 57.5 cm³/mol. The fourth-order valence-electron chi connectivity index (χ4n) is 1.54. The predicted octanol–water partition coefficient (Wildman–Crippen LogP) is 0.692. The lowest BCUT2D eigenvalue weighted by atomic mass is 10.2. The van der Waals surface area contributed by atoms with Crippen LogP contribution in [-0.4, -0.2) is 25.3 Å². The molecule has 0 radical (unpaired) electrons. The van der Waals surface area contributed by atoms with E-state index in [-0.39, 0.29) is 18.3 Å². The van der Waals surface area contributed by atoms with Gasteiger partial charge in [-0.15, -0.1) is 0 Å². The van der Waals surface area contributed by atoms with Crippen molar-refractivity contribution in [2.75, 3.05) is 23.7 Å². The van der Waals surface area contributed by atoms with Crippen molar-refractivity contribution in [3.8, 4) is 0 Å². The first-order chi connectivity index (χ1) is 7.61. The van der Waals surface area contributed by atoms with Crippen LogP contribution in [0.3, 0.4) is 0 Å². The molecule has 0 aromatic heterocycles. The highest BCUT2D eigenvalue weighted by molar-refractivity contribution is 5.90. The maximum atomic E-state index is 13.2. The van der Waals surface area contributed by atoms with Crippen LogP contribution in [0.15, 0.2) is 18.2 Å². The van der Waals surface area contributed by atoms with Gasteiger partial charge in [0, 0.05) is 6.54 Å². The first-order valence-electron chi connectivity index (χ1n) is 4.85. The second-order valence-electron chi connectivity index (χ2n) is 3.56. The van der Waals surface area contributed by atoms with Crippen LogP contribution in [0.25, 0.3) is 0 Å². The Balaban J connectivity index is 2.24. The molecule has 16 heavy (non-hydrogen) atoms. The van der Waals surface area contributed by atoms with Crippen molar-refractivity contribution < 1.29 is 13.9 Å². The van der Waals surface area contributed by atoms with Crippen molar-refractivity contribution in [3.05, 3.63) is 24.0 Å². The van der Waals surface area contributed by atoms with Crippen molar-refractivity contribution >= 4 is 17.5 Å². The molecule has 1 saturated heterocycles. The third kappa shape index (κ3) is 1.79. The Morgan fingerprint density at radius 3 is 2.88 bits per heavy atom. The molecule has 0 saturated carbocycles. The highest BCUT2D eigenvalue weighted by atomic mass is 19.1. The number of amides is 1. The summed E-state index contributed by atoms with van der Waals surface area (Å²) in [5.74, 6) is -0.554. The Kier molecular flexibility index (Phi) is 2.66. The van der Waals surface area contributed by atoms with Gasteiger partial charge in [0.05, 0.1) is 17.9 Å². The minimum absolute atomic E-state index is 0.0479. The molecule has 0 spiro atoms. The molecule has 6 heteroatoms. The lowest BCUT2D eigenvalue weighted by Gasteiger charge is -2.13. The second-order valence-corrected chi connectivity index (χ2v) is 3.56. The number of ether oxygens (including phenoxy) is 1. The van der Waals surface area contributed by atoms with Gasteiger partial charge >= 0.3 is 6.09 Å². The SMILES string of the molecule is NC[C@H]1CN(c2ccc(N)c(F)c2)C(=O)O1. The van der Waals surface area contributed by atoms with E-state index in [1.54, 1.807) is 6.07 Å².